The molecule has 7 heteroatoms. The van der Waals surface area contributed by atoms with Gasteiger partial charge in [-0.2, -0.15) is 4.99 Å². The molecule has 3 aromatic rings. The van der Waals surface area contributed by atoms with Gasteiger partial charge in [0.15, 0.2) is 4.80 Å². The Morgan fingerprint density at radius 3 is 2.75 bits per heavy atom. The minimum absolute atomic E-state index is 0.147. The third-order valence-electron chi connectivity index (χ3n) is 3.80. The summed E-state index contributed by atoms with van der Waals surface area (Å²) < 4.78 is 8.24. The zero-order chi connectivity index (χ0) is 19.9. The van der Waals surface area contributed by atoms with Crippen molar-refractivity contribution in [3.63, 3.8) is 0 Å². The second-order valence-electron chi connectivity index (χ2n) is 5.96. The molecule has 0 unspecified atom stereocenters. The zero-order valence-electron chi connectivity index (χ0n) is 15.3. The van der Waals surface area contributed by atoms with Crippen LogP contribution in [0.3, 0.4) is 0 Å². The second kappa shape index (κ2) is 9.02. The lowest BCUT2D eigenvalue weighted by atomic mass is 10.3. The Hall–Kier alpha value is -3.37. The van der Waals surface area contributed by atoms with Crippen molar-refractivity contribution in [1.82, 2.24) is 4.57 Å². The summed E-state index contributed by atoms with van der Waals surface area (Å²) >= 11 is 1.35. The van der Waals surface area contributed by atoms with Gasteiger partial charge < -0.3 is 14.6 Å². The second-order valence-corrected chi connectivity index (χ2v) is 6.96. The summed E-state index contributed by atoms with van der Waals surface area (Å²) in [5, 5.41) is 2.75. The number of carbonyl (C=O) groups excluding carboxylic acids is 2. The molecule has 0 saturated heterocycles. The average Bonchev–Trinajstić information content (AvgIpc) is 2.99. The van der Waals surface area contributed by atoms with Gasteiger partial charge in [0.2, 0.25) is 5.91 Å². The first-order valence-electron chi connectivity index (χ1n) is 8.66. The Labute approximate surface area is 166 Å². The minimum atomic E-state index is -0.282. The summed E-state index contributed by atoms with van der Waals surface area (Å²) in [7, 11) is 0. The number of amides is 2. The number of nitrogens with zero attached hydrogens (tertiary/aromatic N) is 2. The third kappa shape index (κ3) is 4.87. The van der Waals surface area contributed by atoms with Crippen LogP contribution in [0.25, 0.3) is 10.2 Å². The van der Waals surface area contributed by atoms with Gasteiger partial charge in [-0.1, -0.05) is 35.5 Å². The highest BCUT2D eigenvalue weighted by Crippen LogP contribution is 2.22. The Bertz CT molecular complexity index is 1110. The molecule has 0 atom stereocenters. The van der Waals surface area contributed by atoms with Gasteiger partial charge in [-0.3, -0.25) is 9.59 Å². The molecule has 0 bridgehead atoms. The molecule has 2 aromatic carbocycles. The predicted octanol–water partition coefficient (Wildman–Crippen LogP) is 3.19. The van der Waals surface area contributed by atoms with Gasteiger partial charge in [0.1, 0.15) is 5.75 Å². The molecule has 2 amide bonds. The van der Waals surface area contributed by atoms with Crippen LogP contribution in [0.15, 0.2) is 53.5 Å². The topological polar surface area (TPSA) is 72.7 Å². The van der Waals surface area contributed by atoms with Crippen molar-refractivity contribution in [2.45, 2.75) is 19.9 Å². The van der Waals surface area contributed by atoms with Crippen LogP contribution in [0.4, 0.5) is 5.69 Å². The van der Waals surface area contributed by atoms with E-state index < -0.39 is 0 Å². The summed E-state index contributed by atoms with van der Waals surface area (Å²) in [6, 6.07) is 14.8. The monoisotopic (exact) mass is 393 g/mol. The lowest BCUT2D eigenvalue weighted by Crippen LogP contribution is -2.17. The number of nitrogens with one attached hydrogen (secondary N) is 1. The maximum absolute atomic E-state index is 12.3. The van der Waals surface area contributed by atoms with E-state index in [-0.39, 0.29) is 24.8 Å². The van der Waals surface area contributed by atoms with E-state index in [0.29, 0.717) is 22.8 Å². The van der Waals surface area contributed by atoms with Gasteiger partial charge >= 0.3 is 0 Å². The van der Waals surface area contributed by atoms with E-state index in [0.717, 1.165) is 10.2 Å². The van der Waals surface area contributed by atoms with E-state index >= 15 is 0 Å². The minimum Gasteiger partial charge on any atom is -0.493 e. The molecule has 0 spiro atoms. The maximum atomic E-state index is 12.3. The van der Waals surface area contributed by atoms with E-state index in [1.54, 1.807) is 6.07 Å². The van der Waals surface area contributed by atoms with Crippen LogP contribution >= 0.6 is 11.3 Å². The summed E-state index contributed by atoms with van der Waals surface area (Å²) in [6.07, 6.45) is 5.64. The van der Waals surface area contributed by atoms with Gasteiger partial charge in [-0.25, -0.2) is 0 Å². The van der Waals surface area contributed by atoms with Gasteiger partial charge in [0, 0.05) is 12.6 Å². The summed E-state index contributed by atoms with van der Waals surface area (Å²) in [4.78, 5) is 28.3. The Balaban J connectivity index is 1.81. The number of hydrogen-bond donors (Lipinski definition) is 1. The Morgan fingerprint density at radius 2 is 2.04 bits per heavy atom. The fourth-order valence-corrected chi connectivity index (χ4v) is 3.71. The molecule has 142 valence electrons. The number of carbonyl (C=O) groups is 2. The van der Waals surface area contributed by atoms with Crippen LogP contribution in [0, 0.1) is 12.3 Å². The van der Waals surface area contributed by atoms with Crippen molar-refractivity contribution >= 4 is 39.1 Å². The van der Waals surface area contributed by atoms with Crippen LogP contribution in [-0.2, 0) is 16.1 Å². The van der Waals surface area contributed by atoms with E-state index in [2.05, 4.69) is 16.2 Å². The molecule has 0 aliphatic rings. The number of para-hydroxylation sites is 1. The molecule has 0 aliphatic carbocycles. The van der Waals surface area contributed by atoms with Crippen molar-refractivity contribution in [3.05, 3.63) is 53.3 Å². The fraction of sp³-hybridized carbons (Fsp3) is 0.190. The number of thiazole rings is 1. The molecule has 6 nitrogen and oxygen atoms in total. The Morgan fingerprint density at radius 1 is 1.25 bits per heavy atom. The number of aromatic nitrogens is 1. The van der Waals surface area contributed by atoms with Crippen molar-refractivity contribution in [3.8, 4) is 18.1 Å². The summed E-state index contributed by atoms with van der Waals surface area (Å²) in [5.74, 6) is 2.87. The lowest BCUT2D eigenvalue weighted by molar-refractivity contribution is -0.118. The highest BCUT2D eigenvalue weighted by molar-refractivity contribution is 7.16. The number of rotatable bonds is 6. The molecule has 1 aromatic heterocycles. The fourth-order valence-electron chi connectivity index (χ4n) is 2.62. The van der Waals surface area contributed by atoms with Gasteiger partial charge in [0.25, 0.3) is 5.91 Å². The molecular formula is C21H19N3O3S. The van der Waals surface area contributed by atoms with Crippen LogP contribution in [0.1, 0.15) is 13.3 Å². The quantitative estimate of drug-likeness (QED) is 0.654. The SMILES string of the molecule is C#CCn1c(=NC(=O)CCOc2ccccc2)sc2cc(NC(C)=O)ccc21. The molecule has 3 rings (SSSR count). The standard InChI is InChI=1S/C21H19N3O3S/c1-3-12-24-18-10-9-16(22-15(2)25)14-19(18)28-21(24)23-20(26)11-13-27-17-7-5-4-6-8-17/h1,4-10,14H,11-13H2,2H3,(H,22,25). The molecule has 0 saturated carbocycles. The van der Waals surface area contributed by atoms with Crippen molar-refractivity contribution in [2.24, 2.45) is 4.99 Å². The number of ether oxygens (including phenoxy) is 1. The molecular weight excluding hydrogens is 374 g/mol. The number of benzene rings is 2. The summed E-state index contributed by atoms with van der Waals surface area (Å²) in [5.41, 5.74) is 1.55. The van der Waals surface area contributed by atoms with E-state index in [1.807, 2.05) is 47.0 Å². The maximum Gasteiger partial charge on any atom is 0.251 e. The van der Waals surface area contributed by atoms with Crippen molar-refractivity contribution < 1.29 is 14.3 Å². The van der Waals surface area contributed by atoms with Crippen LogP contribution < -0.4 is 14.9 Å². The van der Waals surface area contributed by atoms with Crippen molar-refractivity contribution in [2.75, 3.05) is 11.9 Å². The highest BCUT2D eigenvalue weighted by Gasteiger charge is 2.09. The van der Waals surface area contributed by atoms with E-state index in [4.69, 9.17) is 11.2 Å². The highest BCUT2D eigenvalue weighted by atomic mass is 32.1. The van der Waals surface area contributed by atoms with Crippen LogP contribution in [-0.4, -0.2) is 23.0 Å². The van der Waals surface area contributed by atoms with Crippen molar-refractivity contribution in [1.29, 1.82) is 0 Å². The number of hydrogen-bond acceptors (Lipinski definition) is 4. The molecule has 0 fully saturated rings. The molecule has 0 radical (unpaired) electrons. The van der Waals surface area contributed by atoms with E-state index in [9.17, 15) is 9.59 Å². The Kier molecular flexibility index (Phi) is 6.25. The first kappa shape index (κ1) is 19.4. The first-order valence-corrected chi connectivity index (χ1v) is 9.48. The largest absolute Gasteiger partial charge is 0.493 e. The normalized spacial score (nSPS) is 11.2. The number of fused-ring (bicyclic) bond motifs is 1. The van der Waals surface area contributed by atoms with Gasteiger partial charge in [-0.05, 0) is 30.3 Å². The van der Waals surface area contributed by atoms with Gasteiger partial charge in [0.05, 0.1) is 29.8 Å². The molecule has 28 heavy (non-hydrogen) atoms. The van der Waals surface area contributed by atoms with E-state index in [1.165, 1.54) is 18.3 Å². The molecule has 1 heterocycles. The third-order valence-corrected chi connectivity index (χ3v) is 4.84. The lowest BCUT2D eigenvalue weighted by Gasteiger charge is -2.04. The zero-order valence-corrected chi connectivity index (χ0v) is 16.2. The smallest absolute Gasteiger partial charge is 0.251 e. The molecule has 0 aliphatic heterocycles. The summed E-state index contributed by atoms with van der Waals surface area (Å²) in [6.45, 7) is 2.00. The van der Waals surface area contributed by atoms with Gasteiger partial charge in [-0.15, -0.1) is 6.42 Å². The average molecular weight is 393 g/mol. The predicted molar refractivity (Wildman–Crippen MR) is 110 cm³/mol. The van der Waals surface area contributed by atoms with Crippen LogP contribution in [0.2, 0.25) is 0 Å². The first-order chi connectivity index (χ1) is 13.6. The molecule has 1 N–H and O–H groups in total. The number of anilines is 1. The van der Waals surface area contributed by atoms with Crippen LogP contribution in [0.5, 0.6) is 5.75 Å². The number of terminal acetylenes is 1.